The molecule has 0 aliphatic carbocycles. The number of para-hydroxylation sites is 1. The minimum Gasteiger partial charge on any atom is -0.354 e. The zero-order chi connectivity index (χ0) is 19.4. The van der Waals surface area contributed by atoms with E-state index in [1.165, 1.54) is 18.2 Å². The van der Waals surface area contributed by atoms with Crippen LogP contribution in [0.1, 0.15) is 5.69 Å². The number of carbonyl (C=O) groups excluding carboxylic acids is 1. The Balaban J connectivity index is 1.53. The first kappa shape index (κ1) is 18.7. The van der Waals surface area contributed by atoms with E-state index in [0.29, 0.717) is 37.7 Å². The number of nitrogens with zero attached hydrogens (tertiary/aromatic N) is 4. The maximum atomic E-state index is 13.6. The second kappa shape index (κ2) is 8.09. The number of anilines is 2. The van der Waals surface area contributed by atoms with Crippen LogP contribution in [-0.4, -0.2) is 53.4 Å². The molecule has 142 valence electrons. The van der Waals surface area contributed by atoms with Gasteiger partial charge in [0.05, 0.1) is 17.2 Å². The van der Waals surface area contributed by atoms with E-state index in [-0.39, 0.29) is 23.8 Å². The molecule has 9 heteroatoms. The van der Waals surface area contributed by atoms with Crippen molar-refractivity contribution in [3.63, 3.8) is 0 Å². The number of piperazine rings is 1. The summed E-state index contributed by atoms with van der Waals surface area (Å²) in [5.41, 5.74) is 0.554. The molecule has 2 aromatic rings. The number of hydrogen-bond donors (Lipinski definition) is 1. The van der Waals surface area contributed by atoms with Gasteiger partial charge in [-0.15, -0.1) is 0 Å². The van der Waals surface area contributed by atoms with Crippen LogP contribution >= 0.6 is 0 Å². The lowest BCUT2D eigenvalue weighted by Crippen LogP contribution is -2.49. The Labute approximate surface area is 155 Å². The Hall–Kier alpha value is -3.07. The smallest absolute Gasteiger partial charge is 0.290 e. The largest absolute Gasteiger partial charge is 0.354 e. The van der Waals surface area contributed by atoms with E-state index >= 15 is 0 Å². The average molecular weight is 373 g/mol. The van der Waals surface area contributed by atoms with Gasteiger partial charge in [-0.1, -0.05) is 12.1 Å². The van der Waals surface area contributed by atoms with Gasteiger partial charge in [0.1, 0.15) is 17.3 Å². The molecule has 0 spiro atoms. The molecule has 1 aliphatic heterocycles. The molecule has 1 amide bonds. The van der Waals surface area contributed by atoms with E-state index < -0.39 is 10.7 Å². The number of benzene rings is 1. The summed E-state index contributed by atoms with van der Waals surface area (Å²) < 4.78 is 13.6. The topological polar surface area (TPSA) is 91.6 Å². The summed E-state index contributed by atoms with van der Waals surface area (Å²) in [6.45, 7) is 4.37. The molecule has 0 radical (unpaired) electrons. The highest BCUT2D eigenvalue weighted by atomic mass is 19.1. The van der Waals surface area contributed by atoms with Gasteiger partial charge in [-0.3, -0.25) is 19.8 Å². The number of halogens is 1. The van der Waals surface area contributed by atoms with Crippen molar-refractivity contribution in [3.05, 3.63) is 58.0 Å². The summed E-state index contributed by atoms with van der Waals surface area (Å²) in [7, 11) is 0. The van der Waals surface area contributed by atoms with Crippen LogP contribution in [0.4, 0.5) is 21.6 Å². The molecule has 8 nitrogen and oxygen atoms in total. The van der Waals surface area contributed by atoms with Gasteiger partial charge in [-0.2, -0.15) is 0 Å². The van der Waals surface area contributed by atoms with E-state index in [1.54, 1.807) is 25.1 Å². The van der Waals surface area contributed by atoms with Gasteiger partial charge in [0, 0.05) is 32.2 Å². The monoisotopic (exact) mass is 373 g/mol. The Morgan fingerprint density at radius 1 is 1.22 bits per heavy atom. The average Bonchev–Trinajstić information content (AvgIpc) is 2.64. The molecule has 1 fully saturated rings. The molecule has 0 saturated carbocycles. The standard InChI is InChI=1S/C18H20FN5O3/c1-13-16(24(26)27)6-7-17(20-13)23-10-8-22(9-11-23)12-18(25)21-15-5-3-2-4-14(15)19/h2-7H,8-12H2,1H3,(H,21,25). The predicted molar refractivity (Wildman–Crippen MR) is 99.3 cm³/mol. The first-order valence-corrected chi connectivity index (χ1v) is 8.58. The van der Waals surface area contributed by atoms with Crippen LogP contribution < -0.4 is 10.2 Å². The van der Waals surface area contributed by atoms with Crippen molar-refractivity contribution in [2.24, 2.45) is 0 Å². The maximum absolute atomic E-state index is 13.6. The number of nitro groups is 1. The minimum atomic E-state index is -0.463. The highest BCUT2D eigenvalue weighted by molar-refractivity contribution is 5.92. The second-order valence-electron chi connectivity index (χ2n) is 6.32. The molecule has 3 rings (SSSR count). The zero-order valence-corrected chi connectivity index (χ0v) is 14.9. The summed E-state index contributed by atoms with van der Waals surface area (Å²) in [6, 6.07) is 9.16. The third-order valence-corrected chi connectivity index (χ3v) is 4.45. The Kier molecular flexibility index (Phi) is 5.60. The summed E-state index contributed by atoms with van der Waals surface area (Å²) in [5.74, 6) is -0.0401. The van der Waals surface area contributed by atoms with Gasteiger partial charge < -0.3 is 10.2 Å². The number of nitrogens with one attached hydrogen (secondary N) is 1. The number of aryl methyl sites for hydroxylation is 1. The van der Waals surface area contributed by atoms with Crippen LogP contribution in [0.2, 0.25) is 0 Å². The molecule has 2 heterocycles. The quantitative estimate of drug-likeness (QED) is 0.638. The first-order chi connectivity index (χ1) is 12.9. The first-order valence-electron chi connectivity index (χ1n) is 8.58. The highest BCUT2D eigenvalue weighted by Gasteiger charge is 2.22. The van der Waals surface area contributed by atoms with Gasteiger partial charge in [0.15, 0.2) is 0 Å². The van der Waals surface area contributed by atoms with E-state index in [4.69, 9.17) is 0 Å². The van der Waals surface area contributed by atoms with Gasteiger partial charge in [0.2, 0.25) is 5.91 Å². The Morgan fingerprint density at radius 3 is 2.56 bits per heavy atom. The molecule has 0 unspecified atom stereocenters. The third-order valence-electron chi connectivity index (χ3n) is 4.45. The van der Waals surface area contributed by atoms with Crippen LogP contribution in [0.5, 0.6) is 0 Å². The fourth-order valence-corrected chi connectivity index (χ4v) is 3.00. The van der Waals surface area contributed by atoms with Crippen molar-refractivity contribution in [3.8, 4) is 0 Å². The van der Waals surface area contributed by atoms with Crippen LogP contribution in [0.25, 0.3) is 0 Å². The molecule has 0 atom stereocenters. The summed E-state index contributed by atoms with van der Waals surface area (Å²) >= 11 is 0. The number of hydrogen-bond acceptors (Lipinski definition) is 6. The number of rotatable bonds is 5. The van der Waals surface area contributed by atoms with Gasteiger partial charge >= 0.3 is 0 Å². The van der Waals surface area contributed by atoms with Crippen molar-refractivity contribution in [1.29, 1.82) is 0 Å². The van der Waals surface area contributed by atoms with Gasteiger partial charge in [-0.25, -0.2) is 9.37 Å². The lowest BCUT2D eigenvalue weighted by Gasteiger charge is -2.35. The molecular weight excluding hydrogens is 353 g/mol. The lowest BCUT2D eigenvalue weighted by molar-refractivity contribution is -0.385. The fraction of sp³-hybridized carbons (Fsp3) is 0.333. The number of pyridine rings is 1. The van der Waals surface area contributed by atoms with E-state index in [0.717, 1.165) is 0 Å². The highest BCUT2D eigenvalue weighted by Crippen LogP contribution is 2.21. The van der Waals surface area contributed by atoms with Crippen LogP contribution in [0.15, 0.2) is 36.4 Å². The van der Waals surface area contributed by atoms with Gasteiger partial charge in [0.25, 0.3) is 5.69 Å². The molecule has 1 N–H and O–H groups in total. The normalized spacial score (nSPS) is 14.8. The Bertz CT molecular complexity index is 853. The summed E-state index contributed by atoms with van der Waals surface area (Å²) in [6.07, 6.45) is 0. The van der Waals surface area contributed by atoms with Crippen LogP contribution in [-0.2, 0) is 4.79 Å². The van der Waals surface area contributed by atoms with Gasteiger partial charge in [-0.05, 0) is 25.1 Å². The summed E-state index contributed by atoms with van der Waals surface area (Å²) in [4.78, 5) is 30.9. The molecule has 1 aromatic carbocycles. The van der Waals surface area contributed by atoms with Crippen LogP contribution in [0.3, 0.4) is 0 Å². The SMILES string of the molecule is Cc1nc(N2CCN(CC(=O)Nc3ccccc3F)CC2)ccc1[N+](=O)[O-]. The molecular formula is C18H20FN5O3. The van der Waals surface area contributed by atoms with Crippen LogP contribution in [0, 0.1) is 22.9 Å². The Morgan fingerprint density at radius 2 is 1.93 bits per heavy atom. The van der Waals surface area contributed by atoms with Crippen molar-refractivity contribution in [2.45, 2.75) is 6.92 Å². The lowest BCUT2D eigenvalue weighted by atomic mass is 10.2. The third kappa shape index (κ3) is 4.56. The van der Waals surface area contributed by atoms with Crippen molar-refractivity contribution < 1.29 is 14.1 Å². The zero-order valence-electron chi connectivity index (χ0n) is 14.9. The molecule has 27 heavy (non-hydrogen) atoms. The molecule has 1 aliphatic rings. The minimum absolute atomic E-state index is 0.00204. The molecule has 1 aromatic heterocycles. The van der Waals surface area contributed by atoms with Crippen molar-refractivity contribution in [2.75, 3.05) is 42.9 Å². The maximum Gasteiger partial charge on any atom is 0.290 e. The van der Waals surface area contributed by atoms with E-state index in [2.05, 4.69) is 10.3 Å². The molecule has 0 bridgehead atoms. The van der Waals surface area contributed by atoms with E-state index in [9.17, 15) is 19.3 Å². The number of amides is 1. The fourth-order valence-electron chi connectivity index (χ4n) is 3.00. The summed E-state index contributed by atoms with van der Waals surface area (Å²) in [5, 5.41) is 13.5. The molecule has 1 saturated heterocycles. The van der Waals surface area contributed by atoms with Crippen molar-refractivity contribution in [1.82, 2.24) is 9.88 Å². The van der Waals surface area contributed by atoms with E-state index in [1.807, 2.05) is 9.80 Å². The predicted octanol–water partition coefficient (Wildman–Crippen LogP) is 2.20. The number of aromatic nitrogens is 1. The second-order valence-corrected chi connectivity index (χ2v) is 6.32. The van der Waals surface area contributed by atoms with Crippen molar-refractivity contribution >= 4 is 23.1 Å². The number of carbonyl (C=O) groups is 1.